The molecule has 3 N–H and O–H groups in total. The standard InChI is InChI=1S/C25H22ClF5N4O/c1-35-8-2-3-13(12-35)17-9-14(27)4-5-16(17)18-11-19(26)21(23(32)22(18)28)24(36)34-15-6-7-33-20(10-15)25(29,30)31/h4-7,9-11,13H,2-3,8,12,32H2,1H3,(H,33,34,36). The highest BCUT2D eigenvalue weighted by Gasteiger charge is 2.33. The van der Waals surface area contributed by atoms with E-state index in [1.807, 2.05) is 7.05 Å². The van der Waals surface area contributed by atoms with Gasteiger partial charge < -0.3 is 16.0 Å². The second kappa shape index (κ2) is 10.0. The molecule has 0 spiro atoms. The number of hydrogen-bond acceptors (Lipinski definition) is 4. The molecule has 1 aromatic heterocycles. The van der Waals surface area contributed by atoms with E-state index < -0.39 is 40.7 Å². The summed E-state index contributed by atoms with van der Waals surface area (Å²) in [5, 5.41) is 2.04. The third kappa shape index (κ3) is 5.29. The second-order valence-corrected chi connectivity index (χ2v) is 9.13. The van der Waals surface area contributed by atoms with E-state index in [0.29, 0.717) is 23.7 Å². The number of pyridine rings is 1. The zero-order valence-corrected chi connectivity index (χ0v) is 19.9. The molecule has 3 aromatic rings. The average Bonchev–Trinajstić information content (AvgIpc) is 2.81. The third-order valence-electron chi connectivity index (χ3n) is 6.16. The number of nitrogens with one attached hydrogen (secondary N) is 1. The number of carbonyl (C=O) groups is 1. The average molecular weight is 525 g/mol. The Morgan fingerprint density at radius 2 is 1.92 bits per heavy atom. The van der Waals surface area contributed by atoms with Crippen molar-refractivity contribution in [3.05, 3.63) is 76.1 Å². The highest BCUT2D eigenvalue weighted by atomic mass is 35.5. The quantitative estimate of drug-likeness (QED) is 0.308. The Kier molecular flexibility index (Phi) is 7.19. The van der Waals surface area contributed by atoms with Crippen molar-refractivity contribution in [1.29, 1.82) is 0 Å². The maximum absolute atomic E-state index is 15.5. The Hall–Kier alpha value is -3.24. The highest BCUT2D eigenvalue weighted by Crippen LogP contribution is 2.40. The summed E-state index contributed by atoms with van der Waals surface area (Å²) in [5.74, 6) is -2.44. The van der Waals surface area contributed by atoms with Gasteiger partial charge in [-0.25, -0.2) is 8.78 Å². The van der Waals surface area contributed by atoms with Crippen LogP contribution in [0.4, 0.5) is 33.3 Å². The van der Waals surface area contributed by atoms with Crippen LogP contribution in [0.1, 0.15) is 40.4 Å². The number of carbonyl (C=O) groups excluding carboxylic acids is 1. The van der Waals surface area contributed by atoms with Crippen LogP contribution in [-0.4, -0.2) is 35.9 Å². The number of rotatable bonds is 4. The Morgan fingerprint density at radius 3 is 2.61 bits per heavy atom. The van der Waals surface area contributed by atoms with Gasteiger partial charge in [-0.15, -0.1) is 0 Å². The Morgan fingerprint density at radius 1 is 1.17 bits per heavy atom. The molecule has 0 saturated carbocycles. The van der Waals surface area contributed by atoms with Crippen molar-refractivity contribution in [3.63, 3.8) is 0 Å². The number of aromatic nitrogens is 1. The van der Waals surface area contributed by atoms with Crippen molar-refractivity contribution in [1.82, 2.24) is 9.88 Å². The third-order valence-corrected chi connectivity index (χ3v) is 6.45. The summed E-state index contributed by atoms with van der Waals surface area (Å²) in [7, 11) is 1.95. The minimum absolute atomic E-state index is 0.000505. The van der Waals surface area contributed by atoms with E-state index in [9.17, 15) is 22.4 Å². The van der Waals surface area contributed by atoms with Gasteiger partial charge in [0.2, 0.25) is 0 Å². The van der Waals surface area contributed by atoms with Gasteiger partial charge in [-0.05, 0) is 73.8 Å². The Labute approximate surface area is 209 Å². The summed E-state index contributed by atoms with van der Waals surface area (Å²) >= 11 is 6.33. The van der Waals surface area contributed by atoms with Crippen LogP contribution in [0, 0.1) is 11.6 Å². The number of alkyl halides is 3. The van der Waals surface area contributed by atoms with Crippen molar-refractivity contribution in [3.8, 4) is 11.1 Å². The molecule has 190 valence electrons. The summed E-state index contributed by atoms with van der Waals surface area (Å²) in [6.07, 6.45) is -2.15. The van der Waals surface area contributed by atoms with E-state index in [-0.39, 0.29) is 22.2 Å². The van der Waals surface area contributed by atoms with Gasteiger partial charge in [-0.3, -0.25) is 9.78 Å². The molecule has 36 heavy (non-hydrogen) atoms. The van der Waals surface area contributed by atoms with E-state index in [0.717, 1.165) is 31.6 Å². The lowest BCUT2D eigenvalue weighted by atomic mass is 9.85. The van der Waals surface area contributed by atoms with Crippen LogP contribution < -0.4 is 11.1 Å². The van der Waals surface area contributed by atoms with Gasteiger partial charge in [-0.1, -0.05) is 17.7 Å². The van der Waals surface area contributed by atoms with Gasteiger partial charge in [0.05, 0.1) is 16.3 Å². The van der Waals surface area contributed by atoms with Gasteiger partial charge in [0.25, 0.3) is 5.91 Å². The Balaban J connectivity index is 1.71. The minimum atomic E-state index is -4.72. The van der Waals surface area contributed by atoms with Gasteiger partial charge in [0, 0.05) is 24.0 Å². The summed E-state index contributed by atoms with van der Waals surface area (Å²) in [6.45, 7) is 1.56. The second-order valence-electron chi connectivity index (χ2n) is 8.72. The molecule has 0 radical (unpaired) electrons. The van der Waals surface area contributed by atoms with Gasteiger partial charge in [-0.2, -0.15) is 13.2 Å². The lowest BCUT2D eigenvalue weighted by Gasteiger charge is -2.31. The molecule has 0 aliphatic carbocycles. The number of likely N-dealkylation sites (N-methyl/N-ethyl adjacent to an activating group) is 1. The van der Waals surface area contributed by atoms with Crippen molar-refractivity contribution >= 4 is 28.9 Å². The molecular weight excluding hydrogens is 503 g/mol. The van der Waals surface area contributed by atoms with Crippen LogP contribution in [0.15, 0.2) is 42.6 Å². The largest absolute Gasteiger partial charge is 0.433 e. The van der Waals surface area contributed by atoms with E-state index in [2.05, 4.69) is 15.2 Å². The molecule has 1 unspecified atom stereocenters. The smallest absolute Gasteiger partial charge is 0.396 e. The van der Waals surface area contributed by atoms with Crippen molar-refractivity contribution in [2.45, 2.75) is 24.9 Å². The van der Waals surface area contributed by atoms with E-state index in [1.165, 1.54) is 24.3 Å². The number of piperidine rings is 1. The molecule has 2 aromatic carbocycles. The number of halogens is 6. The zero-order valence-electron chi connectivity index (χ0n) is 19.1. The molecule has 5 nitrogen and oxygen atoms in total. The number of benzene rings is 2. The van der Waals surface area contributed by atoms with Gasteiger partial charge >= 0.3 is 6.18 Å². The fraction of sp³-hybridized carbons (Fsp3) is 0.280. The number of likely N-dealkylation sites (tertiary alicyclic amines) is 1. The first-order valence-corrected chi connectivity index (χ1v) is 11.4. The Bertz CT molecular complexity index is 1310. The van der Waals surface area contributed by atoms with Crippen LogP contribution in [0.2, 0.25) is 5.02 Å². The fourth-order valence-electron chi connectivity index (χ4n) is 4.47. The fourth-order valence-corrected chi connectivity index (χ4v) is 4.76. The SMILES string of the molecule is CN1CCCC(c2cc(F)ccc2-c2cc(Cl)c(C(=O)Nc3ccnc(C(F)(F)F)c3)c(N)c2F)C1. The molecule has 1 fully saturated rings. The molecule has 11 heteroatoms. The molecule has 1 aliphatic rings. The van der Waals surface area contributed by atoms with Crippen LogP contribution in [0.3, 0.4) is 0 Å². The number of nitrogens with two attached hydrogens (primary N) is 1. The zero-order chi connectivity index (χ0) is 26.2. The van der Waals surface area contributed by atoms with Crippen LogP contribution in [-0.2, 0) is 6.18 Å². The van der Waals surface area contributed by atoms with E-state index >= 15 is 4.39 Å². The van der Waals surface area contributed by atoms with Crippen molar-refractivity contribution < 1.29 is 26.7 Å². The molecule has 4 rings (SSSR count). The molecule has 1 saturated heterocycles. The van der Waals surface area contributed by atoms with Gasteiger partial charge in [0.1, 0.15) is 11.5 Å². The summed E-state index contributed by atoms with van der Waals surface area (Å²) < 4.78 is 68.5. The first kappa shape index (κ1) is 25.8. The number of nitrogens with zero attached hydrogens (tertiary/aromatic N) is 2. The monoisotopic (exact) mass is 524 g/mol. The predicted molar refractivity (Wildman–Crippen MR) is 128 cm³/mol. The summed E-state index contributed by atoms with van der Waals surface area (Å²) in [4.78, 5) is 18.1. The molecule has 1 amide bonds. The highest BCUT2D eigenvalue weighted by molar-refractivity contribution is 6.35. The summed E-state index contributed by atoms with van der Waals surface area (Å²) in [6, 6.07) is 7.02. The first-order valence-electron chi connectivity index (χ1n) is 11.1. The van der Waals surface area contributed by atoms with Crippen LogP contribution in [0.5, 0.6) is 0 Å². The van der Waals surface area contributed by atoms with E-state index in [1.54, 1.807) is 0 Å². The maximum atomic E-state index is 15.5. The number of amides is 1. The lowest BCUT2D eigenvalue weighted by Crippen LogP contribution is -2.31. The van der Waals surface area contributed by atoms with Crippen LogP contribution >= 0.6 is 11.6 Å². The van der Waals surface area contributed by atoms with Crippen LogP contribution in [0.25, 0.3) is 11.1 Å². The molecule has 1 aliphatic heterocycles. The first-order chi connectivity index (χ1) is 17.0. The number of hydrogen-bond donors (Lipinski definition) is 2. The molecule has 2 heterocycles. The number of anilines is 2. The minimum Gasteiger partial charge on any atom is -0.396 e. The van der Waals surface area contributed by atoms with Crippen molar-refractivity contribution in [2.24, 2.45) is 0 Å². The lowest BCUT2D eigenvalue weighted by molar-refractivity contribution is -0.141. The number of nitrogen functional groups attached to an aromatic ring is 1. The molecular formula is C25H22ClF5N4O. The van der Waals surface area contributed by atoms with Gasteiger partial charge in [0.15, 0.2) is 5.82 Å². The maximum Gasteiger partial charge on any atom is 0.433 e. The predicted octanol–water partition coefficient (Wildman–Crippen LogP) is 6.34. The van der Waals surface area contributed by atoms with Crippen molar-refractivity contribution in [2.75, 3.05) is 31.2 Å². The topological polar surface area (TPSA) is 71.2 Å². The summed E-state index contributed by atoms with van der Waals surface area (Å²) in [5.41, 5.74) is 4.54. The molecule has 0 bridgehead atoms. The molecule has 1 atom stereocenters. The normalized spacial score (nSPS) is 16.7. The van der Waals surface area contributed by atoms with E-state index in [4.69, 9.17) is 17.3 Å².